The highest BCUT2D eigenvalue weighted by molar-refractivity contribution is 7.15. The fourth-order valence-corrected chi connectivity index (χ4v) is 3.17. The first-order chi connectivity index (χ1) is 11.1. The van der Waals surface area contributed by atoms with Crippen LogP contribution in [0.3, 0.4) is 0 Å². The molecule has 0 fully saturated rings. The number of allylic oxidation sites excluding steroid dienone is 1. The van der Waals surface area contributed by atoms with Gasteiger partial charge in [0.2, 0.25) is 0 Å². The standard InChI is InChI=1S/C16H13ClN2O3S/c1-21-13-6-3-10(9-14(13)22-2)12(20)5-4-11-15(17)18-16-19(11)7-8-23-16/h3-9H,1-2H3/b5-4+. The Labute approximate surface area is 141 Å². The second kappa shape index (κ2) is 6.44. The van der Waals surface area contributed by atoms with Crippen molar-refractivity contribution in [3.8, 4) is 11.5 Å². The molecule has 0 aliphatic carbocycles. The highest BCUT2D eigenvalue weighted by Gasteiger charge is 2.11. The zero-order valence-corrected chi connectivity index (χ0v) is 14.0. The second-order valence-corrected chi connectivity index (χ2v) is 5.84. The van der Waals surface area contributed by atoms with Crippen LogP contribution in [-0.4, -0.2) is 29.4 Å². The van der Waals surface area contributed by atoms with E-state index in [1.165, 1.54) is 24.5 Å². The number of halogens is 1. The lowest BCUT2D eigenvalue weighted by molar-refractivity contribution is 0.104. The number of methoxy groups -OCH3 is 2. The molecular formula is C16H13ClN2O3S. The van der Waals surface area contributed by atoms with Crippen molar-refractivity contribution in [1.82, 2.24) is 9.38 Å². The van der Waals surface area contributed by atoms with Gasteiger partial charge in [0.15, 0.2) is 27.4 Å². The van der Waals surface area contributed by atoms with Gasteiger partial charge in [-0.3, -0.25) is 9.20 Å². The lowest BCUT2D eigenvalue weighted by Gasteiger charge is -2.07. The normalized spacial score (nSPS) is 11.3. The molecule has 23 heavy (non-hydrogen) atoms. The summed E-state index contributed by atoms with van der Waals surface area (Å²) < 4.78 is 12.2. The molecule has 118 valence electrons. The van der Waals surface area contributed by atoms with E-state index in [9.17, 15) is 4.79 Å². The van der Waals surface area contributed by atoms with Gasteiger partial charge < -0.3 is 9.47 Å². The van der Waals surface area contributed by atoms with Gasteiger partial charge in [-0.15, -0.1) is 11.3 Å². The van der Waals surface area contributed by atoms with E-state index in [0.29, 0.717) is 27.9 Å². The summed E-state index contributed by atoms with van der Waals surface area (Å²) in [5.74, 6) is 0.924. The summed E-state index contributed by atoms with van der Waals surface area (Å²) in [5.41, 5.74) is 1.18. The predicted molar refractivity (Wildman–Crippen MR) is 91.0 cm³/mol. The monoisotopic (exact) mass is 348 g/mol. The first-order valence-electron chi connectivity index (χ1n) is 6.69. The first-order valence-corrected chi connectivity index (χ1v) is 7.95. The van der Waals surface area contributed by atoms with E-state index in [4.69, 9.17) is 21.1 Å². The molecule has 0 aliphatic rings. The van der Waals surface area contributed by atoms with E-state index in [-0.39, 0.29) is 5.78 Å². The summed E-state index contributed by atoms with van der Waals surface area (Å²) in [4.78, 5) is 17.3. The third-order valence-electron chi connectivity index (χ3n) is 3.31. The first kappa shape index (κ1) is 15.6. The Morgan fingerprint density at radius 1 is 1.30 bits per heavy atom. The summed E-state index contributed by atoms with van der Waals surface area (Å²) in [6.45, 7) is 0. The van der Waals surface area contributed by atoms with Crippen LogP contribution in [0.2, 0.25) is 5.15 Å². The number of imidazole rings is 1. The maximum atomic E-state index is 12.3. The zero-order valence-electron chi connectivity index (χ0n) is 12.4. The zero-order chi connectivity index (χ0) is 16.4. The number of hydrogen-bond acceptors (Lipinski definition) is 5. The average molecular weight is 349 g/mol. The third-order valence-corrected chi connectivity index (χ3v) is 4.35. The number of fused-ring (bicyclic) bond motifs is 1. The maximum Gasteiger partial charge on any atom is 0.195 e. The Balaban J connectivity index is 1.89. The Kier molecular flexibility index (Phi) is 4.36. The number of carbonyl (C=O) groups excluding carboxylic acids is 1. The number of hydrogen-bond donors (Lipinski definition) is 0. The van der Waals surface area contributed by atoms with Crippen molar-refractivity contribution in [3.63, 3.8) is 0 Å². The van der Waals surface area contributed by atoms with Crippen molar-refractivity contribution < 1.29 is 14.3 Å². The number of rotatable bonds is 5. The van der Waals surface area contributed by atoms with Crippen LogP contribution in [0.5, 0.6) is 11.5 Å². The van der Waals surface area contributed by atoms with E-state index in [0.717, 1.165) is 4.96 Å². The van der Waals surface area contributed by atoms with Crippen LogP contribution in [0.25, 0.3) is 11.0 Å². The van der Waals surface area contributed by atoms with E-state index >= 15 is 0 Å². The van der Waals surface area contributed by atoms with E-state index in [2.05, 4.69) is 4.98 Å². The van der Waals surface area contributed by atoms with Crippen LogP contribution in [0.15, 0.2) is 35.9 Å². The van der Waals surface area contributed by atoms with Crippen molar-refractivity contribution in [2.24, 2.45) is 0 Å². The summed E-state index contributed by atoms with van der Waals surface area (Å²) in [7, 11) is 3.08. The van der Waals surface area contributed by atoms with Crippen LogP contribution < -0.4 is 9.47 Å². The van der Waals surface area contributed by atoms with Crippen molar-refractivity contribution in [2.45, 2.75) is 0 Å². The van der Waals surface area contributed by atoms with Crippen molar-refractivity contribution >= 4 is 39.8 Å². The van der Waals surface area contributed by atoms with E-state index < -0.39 is 0 Å². The molecule has 2 heterocycles. The molecule has 0 aliphatic heterocycles. The minimum atomic E-state index is -0.160. The minimum Gasteiger partial charge on any atom is -0.493 e. The molecule has 0 radical (unpaired) electrons. The molecule has 0 amide bonds. The number of aromatic nitrogens is 2. The number of thiazole rings is 1. The topological polar surface area (TPSA) is 52.8 Å². The third kappa shape index (κ3) is 2.95. The van der Waals surface area contributed by atoms with Gasteiger partial charge in [-0.2, -0.15) is 0 Å². The van der Waals surface area contributed by atoms with Crippen molar-refractivity contribution in [1.29, 1.82) is 0 Å². The van der Waals surface area contributed by atoms with Gasteiger partial charge in [0, 0.05) is 17.1 Å². The van der Waals surface area contributed by atoms with Gasteiger partial charge in [-0.1, -0.05) is 11.6 Å². The van der Waals surface area contributed by atoms with Crippen molar-refractivity contribution in [2.75, 3.05) is 14.2 Å². The molecule has 3 rings (SSSR count). The molecule has 7 heteroatoms. The van der Waals surface area contributed by atoms with Gasteiger partial charge in [0.25, 0.3) is 0 Å². The number of ether oxygens (including phenoxy) is 2. The minimum absolute atomic E-state index is 0.160. The Morgan fingerprint density at radius 2 is 2.09 bits per heavy atom. The molecule has 0 atom stereocenters. The van der Waals surface area contributed by atoms with Gasteiger partial charge in [-0.05, 0) is 30.4 Å². The number of benzene rings is 1. The number of ketones is 1. The van der Waals surface area contributed by atoms with Crippen molar-refractivity contribution in [3.05, 3.63) is 52.3 Å². The molecule has 1 aromatic carbocycles. The smallest absolute Gasteiger partial charge is 0.195 e. The summed E-state index contributed by atoms with van der Waals surface area (Å²) in [5, 5.41) is 2.28. The molecule has 0 saturated heterocycles. The molecule has 0 saturated carbocycles. The molecular weight excluding hydrogens is 336 g/mol. The molecule has 0 bridgehead atoms. The summed E-state index contributed by atoms with van der Waals surface area (Å²) in [6.07, 6.45) is 4.99. The lowest BCUT2D eigenvalue weighted by Crippen LogP contribution is -1.97. The van der Waals surface area contributed by atoms with Crippen LogP contribution in [0.1, 0.15) is 16.1 Å². The summed E-state index contributed by atoms with van der Waals surface area (Å²) >= 11 is 7.58. The second-order valence-electron chi connectivity index (χ2n) is 4.61. The molecule has 2 aromatic heterocycles. The SMILES string of the molecule is COc1ccc(C(=O)/C=C/c2c(Cl)nc3sccn23)cc1OC. The Hall–Kier alpha value is -2.31. The number of carbonyl (C=O) groups is 1. The molecule has 0 unspecified atom stereocenters. The highest BCUT2D eigenvalue weighted by atomic mass is 35.5. The fourth-order valence-electron chi connectivity index (χ4n) is 2.17. The van der Waals surface area contributed by atoms with Crippen LogP contribution in [0, 0.1) is 0 Å². The lowest BCUT2D eigenvalue weighted by atomic mass is 10.1. The number of nitrogens with zero attached hydrogens (tertiary/aromatic N) is 2. The summed E-state index contributed by atoms with van der Waals surface area (Å²) in [6, 6.07) is 5.03. The van der Waals surface area contributed by atoms with E-state index in [1.807, 2.05) is 16.0 Å². The van der Waals surface area contributed by atoms with Gasteiger partial charge in [0.1, 0.15) is 0 Å². The fraction of sp³-hybridized carbons (Fsp3) is 0.125. The average Bonchev–Trinajstić information content (AvgIpc) is 3.12. The van der Waals surface area contributed by atoms with Crippen LogP contribution >= 0.6 is 22.9 Å². The van der Waals surface area contributed by atoms with Gasteiger partial charge in [-0.25, -0.2) is 4.98 Å². The molecule has 5 nitrogen and oxygen atoms in total. The molecule has 3 aromatic rings. The highest BCUT2D eigenvalue weighted by Crippen LogP contribution is 2.28. The van der Waals surface area contributed by atoms with Crippen LogP contribution in [-0.2, 0) is 0 Å². The maximum absolute atomic E-state index is 12.3. The van der Waals surface area contributed by atoms with Gasteiger partial charge in [0.05, 0.1) is 19.9 Å². The predicted octanol–water partition coefficient (Wildman–Crippen LogP) is 3.96. The quantitative estimate of drug-likeness (QED) is 0.517. The van der Waals surface area contributed by atoms with Crippen LogP contribution in [0.4, 0.5) is 0 Å². The Morgan fingerprint density at radius 3 is 2.83 bits per heavy atom. The molecule has 0 spiro atoms. The van der Waals surface area contributed by atoms with E-state index in [1.54, 1.807) is 31.4 Å². The largest absolute Gasteiger partial charge is 0.493 e. The molecule has 0 N–H and O–H groups in total. The Bertz CT molecular complexity index is 898. The van der Waals surface area contributed by atoms with Gasteiger partial charge >= 0.3 is 0 Å².